The third kappa shape index (κ3) is 3.71. The molecule has 0 bridgehead atoms. The Morgan fingerprint density at radius 1 is 1.29 bits per heavy atom. The molecule has 0 radical (unpaired) electrons. The monoisotopic (exact) mass is 191 g/mol. The van der Waals surface area contributed by atoms with Crippen LogP contribution in [0.5, 0.6) is 0 Å². The average molecular weight is 191 g/mol. The summed E-state index contributed by atoms with van der Waals surface area (Å²) < 4.78 is 0. The molecule has 0 fully saturated rings. The minimum Gasteiger partial charge on any atom is -0.317 e. The van der Waals surface area contributed by atoms with E-state index < -0.39 is 0 Å². The first kappa shape index (κ1) is 10.9. The molecule has 0 spiro atoms. The highest BCUT2D eigenvalue weighted by Crippen LogP contribution is 2.04. The number of carbonyl (C=O) groups excluding carboxylic acids is 1. The molecule has 0 aliphatic rings. The SMILES string of the molecule is CCNCCCC(=O)c1ccccc1. The van der Waals surface area contributed by atoms with Crippen LogP contribution in [0.3, 0.4) is 0 Å². The Labute approximate surface area is 85.3 Å². The van der Waals surface area contributed by atoms with Crippen molar-refractivity contribution in [2.45, 2.75) is 19.8 Å². The number of Topliss-reactive ketones (excluding diaryl/α,β-unsaturated/α-hetero) is 1. The van der Waals surface area contributed by atoms with Crippen LogP contribution in [-0.4, -0.2) is 18.9 Å². The van der Waals surface area contributed by atoms with Crippen LogP contribution >= 0.6 is 0 Å². The number of nitrogens with one attached hydrogen (secondary N) is 1. The molecule has 1 aromatic carbocycles. The van der Waals surface area contributed by atoms with E-state index in [2.05, 4.69) is 12.2 Å². The fourth-order valence-electron chi connectivity index (χ4n) is 1.32. The largest absolute Gasteiger partial charge is 0.317 e. The number of hydrogen-bond acceptors (Lipinski definition) is 2. The molecular formula is C12H17NO. The smallest absolute Gasteiger partial charge is 0.162 e. The lowest BCUT2D eigenvalue weighted by Gasteiger charge is -2.01. The lowest BCUT2D eigenvalue weighted by molar-refractivity contribution is 0.0980. The van der Waals surface area contributed by atoms with Gasteiger partial charge in [-0.2, -0.15) is 0 Å². The summed E-state index contributed by atoms with van der Waals surface area (Å²) in [4.78, 5) is 11.6. The predicted molar refractivity (Wildman–Crippen MR) is 58.6 cm³/mol. The van der Waals surface area contributed by atoms with E-state index in [1.54, 1.807) is 0 Å². The van der Waals surface area contributed by atoms with Crippen LogP contribution < -0.4 is 5.32 Å². The van der Waals surface area contributed by atoms with Gasteiger partial charge in [0.15, 0.2) is 5.78 Å². The highest BCUT2D eigenvalue weighted by molar-refractivity contribution is 5.95. The normalized spacial score (nSPS) is 10.1. The molecule has 2 nitrogen and oxygen atoms in total. The highest BCUT2D eigenvalue weighted by Gasteiger charge is 2.03. The van der Waals surface area contributed by atoms with E-state index in [-0.39, 0.29) is 5.78 Å². The summed E-state index contributed by atoms with van der Waals surface area (Å²) in [5.74, 6) is 0.239. The lowest BCUT2D eigenvalue weighted by Crippen LogP contribution is -2.15. The molecule has 2 heteroatoms. The van der Waals surface area contributed by atoms with Crippen molar-refractivity contribution in [2.75, 3.05) is 13.1 Å². The number of carbonyl (C=O) groups is 1. The van der Waals surface area contributed by atoms with Gasteiger partial charge in [-0.1, -0.05) is 37.3 Å². The molecule has 0 saturated carbocycles. The zero-order chi connectivity index (χ0) is 10.2. The van der Waals surface area contributed by atoms with Crippen molar-refractivity contribution in [3.05, 3.63) is 35.9 Å². The van der Waals surface area contributed by atoms with Gasteiger partial charge in [0.1, 0.15) is 0 Å². The maximum Gasteiger partial charge on any atom is 0.162 e. The zero-order valence-corrected chi connectivity index (χ0v) is 8.62. The van der Waals surface area contributed by atoms with E-state index in [1.807, 2.05) is 30.3 Å². The third-order valence-electron chi connectivity index (χ3n) is 2.10. The number of rotatable bonds is 6. The second-order valence-corrected chi connectivity index (χ2v) is 3.25. The Bertz CT molecular complexity index is 269. The van der Waals surface area contributed by atoms with E-state index in [0.717, 1.165) is 25.1 Å². The first-order valence-corrected chi connectivity index (χ1v) is 5.13. The molecule has 0 aliphatic carbocycles. The molecule has 1 rings (SSSR count). The van der Waals surface area contributed by atoms with Crippen molar-refractivity contribution >= 4 is 5.78 Å². The van der Waals surface area contributed by atoms with Crippen LogP contribution in [0.15, 0.2) is 30.3 Å². The van der Waals surface area contributed by atoms with Crippen LogP contribution in [0, 0.1) is 0 Å². The van der Waals surface area contributed by atoms with E-state index in [1.165, 1.54) is 0 Å². The van der Waals surface area contributed by atoms with Crippen LogP contribution in [0.1, 0.15) is 30.1 Å². The van der Waals surface area contributed by atoms with Gasteiger partial charge in [0, 0.05) is 12.0 Å². The third-order valence-corrected chi connectivity index (χ3v) is 2.10. The van der Waals surface area contributed by atoms with Crippen molar-refractivity contribution in [1.29, 1.82) is 0 Å². The lowest BCUT2D eigenvalue weighted by atomic mass is 10.1. The molecule has 0 aromatic heterocycles. The van der Waals surface area contributed by atoms with Crippen molar-refractivity contribution < 1.29 is 4.79 Å². The van der Waals surface area contributed by atoms with Gasteiger partial charge < -0.3 is 5.32 Å². The fraction of sp³-hybridized carbons (Fsp3) is 0.417. The van der Waals surface area contributed by atoms with Crippen LogP contribution in [0.4, 0.5) is 0 Å². The first-order chi connectivity index (χ1) is 6.84. The summed E-state index contributed by atoms with van der Waals surface area (Å²) >= 11 is 0. The topological polar surface area (TPSA) is 29.1 Å². The summed E-state index contributed by atoms with van der Waals surface area (Å²) in [7, 11) is 0. The molecule has 0 heterocycles. The Balaban J connectivity index is 2.29. The minimum atomic E-state index is 0.239. The van der Waals surface area contributed by atoms with Gasteiger partial charge in [-0.3, -0.25) is 4.79 Å². The molecule has 14 heavy (non-hydrogen) atoms. The van der Waals surface area contributed by atoms with Crippen LogP contribution in [-0.2, 0) is 0 Å². The molecule has 0 aliphatic heterocycles. The molecule has 0 amide bonds. The average Bonchev–Trinajstić information content (AvgIpc) is 2.25. The molecule has 1 aromatic rings. The fourth-order valence-corrected chi connectivity index (χ4v) is 1.32. The van der Waals surface area contributed by atoms with Gasteiger partial charge in [-0.05, 0) is 19.5 Å². The molecule has 1 N–H and O–H groups in total. The van der Waals surface area contributed by atoms with Gasteiger partial charge in [0.05, 0.1) is 0 Å². The van der Waals surface area contributed by atoms with Gasteiger partial charge in [-0.15, -0.1) is 0 Å². The first-order valence-electron chi connectivity index (χ1n) is 5.13. The van der Waals surface area contributed by atoms with Gasteiger partial charge in [0.2, 0.25) is 0 Å². The van der Waals surface area contributed by atoms with Crippen molar-refractivity contribution in [1.82, 2.24) is 5.32 Å². The number of ketones is 1. The number of hydrogen-bond donors (Lipinski definition) is 1. The predicted octanol–water partition coefficient (Wildman–Crippen LogP) is 2.26. The van der Waals surface area contributed by atoms with Gasteiger partial charge >= 0.3 is 0 Å². The van der Waals surface area contributed by atoms with E-state index in [0.29, 0.717) is 6.42 Å². The van der Waals surface area contributed by atoms with Gasteiger partial charge in [0.25, 0.3) is 0 Å². The van der Waals surface area contributed by atoms with Crippen molar-refractivity contribution in [3.8, 4) is 0 Å². The maximum absolute atomic E-state index is 11.6. The minimum absolute atomic E-state index is 0.239. The van der Waals surface area contributed by atoms with E-state index >= 15 is 0 Å². The summed E-state index contributed by atoms with van der Waals surface area (Å²) in [5.41, 5.74) is 0.823. The van der Waals surface area contributed by atoms with Crippen molar-refractivity contribution in [2.24, 2.45) is 0 Å². The Kier molecular flexibility index (Phi) is 4.94. The molecule has 0 saturated heterocycles. The van der Waals surface area contributed by atoms with E-state index in [4.69, 9.17) is 0 Å². The van der Waals surface area contributed by atoms with Crippen LogP contribution in [0.25, 0.3) is 0 Å². The summed E-state index contributed by atoms with van der Waals surface area (Å²) in [6.07, 6.45) is 1.55. The Morgan fingerprint density at radius 2 is 2.00 bits per heavy atom. The summed E-state index contributed by atoms with van der Waals surface area (Å²) in [6.45, 7) is 3.97. The quantitative estimate of drug-likeness (QED) is 0.552. The molecular weight excluding hydrogens is 174 g/mol. The second kappa shape index (κ2) is 6.33. The van der Waals surface area contributed by atoms with Crippen LogP contribution in [0.2, 0.25) is 0 Å². The Morgan fingerprint density at radius 3 is 2.64 bits per heavy atom. The van der Waals surface area contributed by atoms with E-state index in [9.17, 15) is 4.79 Å². The summed E-state index contributed by atoms with van der Waals surface area (Å²) in [6, 6.07) is 9.47. The summed E-state index contributed by atoms with van der Waals surface area (Å²) in [5, 5.41) is 3.20. The highest BCUT2D eigenvalue weighted by atomic mass is 16.1. The Hall–Kier alpha value is -1.15. The maximum atomic E-state index is 11.6. The molecule has 76 valence electrons. The zero-order valence-electron chi connectivity index (χ0n) is 8.62. The molecule has 0 unspecified atom stereocenters. The second-order valence-electron chi connectivity index (χ2n) is 3.25. The standard InChI is InChI=1S/C12H17NO/c1-2-13-10-6-9-12(14)11-7-4-3-5-8-11/h3-5,7-8,13H,2,6,9-10H2,1H3. The van der Waals surface area contributed by atoms with Gasteiger partial charge in [-0.25, -0.2) is 0 Å². The number of benzene rings is 1. The van der Waals surface area contributed by atoms with Crippen molar-refractivity contribution in [3.63, 3.8) is 0 Å². The molecule has 0 atom stereocenters.